The van der Waals surface area contributed by atoms with Crippen molar-refractivity contribution in [2.45, 2.75) is 18.4 Å². The van der Waals surface area contributed by atoms with Crippen molar-refractivity contribution in [2.24, 2.45) is 0 Å². The molecule has 1 aliphatic heterocycles. The van der Waals surface area contributed by atoms with Gasteiger partial charge in [-0.2, -0.15) is 0 Å². The summed E-state index contributed by atoms with van der Waals surface area (Å²) in [4.78, 5) is 17.2. The second-order valence-electron chi connectivity index (χ2n) is 5.64. The highest BCUT2D eigenvalue weighted by atomic mass is 32.1. The minimum Gasteiger partial charge on any atom is -0.496 e. The van der Waals surface area contributed by atoms with Crippen molar-refractivity contribution < 1.29 is 14.3 Å². The lowest BCUT2D eigenvalue weighted by molar-refractivity contribution is -0.140. The van der Waals surface area contributed by atoms with Crippen molar-refractivity contribution in [3.63, 3.8) is 0 Å². The fourth-order valence-corrected chi connectivity index (χ4v) is 3.58. The SMILES string of the molecule is COc1ccccc1-c1csc(NC(=O)C2(OC)CCNCC2)n1. The van der Waals surface area contributed by atoms with Crippen molar-refractivity contribution in [3.05, 3.63) is 29.6 Å². The molecule has 0 unspecified atom stereocenters. The predicted molar refractivity (Wildman–Crippen MR) is 94.6 cm³/mol. The van der Waals surface area contributed by atoms with E-state index in [1.165, 1.54) is 11.3 Å². The third-order valence-corrected chi connectivity index (χ3v) is 5.08. The number of rotatable bonds is 5. The number of benzene rings is 1. The molecule has 0 bridgehead atoms. The summed E-state index contributed by atoms with van der Waals surface area (Å²) in [5, 5.41) is 8.63. The molecule has 6 nitrogen and oxygen atoms in total. The number of thiazole rings is 1. The quantitative estimate of drug-likeness (QED) is 0.869. The molecule has 1 amide bonds. The molecule has 0 aliphatic carbocycles. The van der Waals surface area contributed by atoms with Crippen LogP contribution in [-0.4, -0.2) is 43.8 Å². The van der Waals surface area contributed by atoms with Crippen LogP contribution in [0.25, 0.3) is 11.3 Å². The van der Waals surface area contributed by atoms with Crippen LogP contribution in [0.2, 0.25) is 0 Å². The number of methoxy groups -OCH3 is 2. The Morgan fingerprint density at radius 1 is 1.29 bits per heavy atom. The second kappa shape index (κ2) is 7.29. The molecule has 0 radical (unpaired) electrons. The zero-order chi connectivity index (χ0) is 17.0. The first kappa shape index (κ1) is 16.9. The third-order valence-electron chi connectivity index (χ3n) is 4.32. The number of carbonyl (C=O) groups is 1. The van der Waals surface area contributed by atoms with Crippen LogP contribution in [0.4, 0.5) is 5.13 Å². The number of nitrogens with zero attached hydrogens (tertiary/aromatic N) is 1. The molecule has 3 rings (SSSR count). The topological polar surface area (TPSA) is 72.5 Å². The van der Waals surface area contributed by atoms with Crippen LogP contribution in [0.1, 0.15) is 12.8 Å². The lowest BCUT2D eigenvalue weighted by Crippen LogP contribution is -2.51. The number of aromatic nitrogens is 1. The molecule has 1 aromatic heterocycles. The number of amides is 1. The normalized spacial score (nSPS) is 16.6. The van der Waals surface area contributed by atoms with Crippen LogP contribution in [0.15, 0.2) is 29.6 Å². The summed E-state index contributed by atoms with van der Waals surface area (Å²) in [6.45, 7) is 1.54. The number of anilines is 1. The molecule has 128 valence electrons. The summed E-state index contributed by atoms with van der Waals surface area (Å²) in [7, 11) is 3.22. The predicted octanol–water partition coefficient (Wildman–Crippen LogP) is 2.53. The van der Waals surface area contributed by atoms with Crippen LogP contribution in [0.3, 0.4) is 0 Å². The van der Waals surface area contributed by atoms with Crippen molar-refractivity contribution in [2.75, 3.05) is 32.6 Å². The van der Waals surface area contributed by atoms with E-state index in [9.17, 15) is 4.79 Å². The van der Waals surface area contributed by atoms with Gasteiger partial charge in [-0.1, -0.05) is 12.1 Å². The highest BCUT2D eigenvalue weighted by molar-refractivity contribution is 7.14. The fourth-order valence-electron chi connectivity index (χ4n) is 2.88. The van der Waals surface area contributed by atoms with Gasteiger partial charge in [0.05, 0.1) is 12.8 Å². The van der Waals surface area contributed by atoms with E-state index in [1.54, 1.807) is 14.2 Å². The first-order chi connectivity index (χ1) is 11.7. The van der Waals surface area contributed by atoms with E-state index in [0.717, 1.165) is 30.1 Å². The Hall–Kier alpha value is -1.96. The Morgan fingerprint density at radius 3 is 2.75 bits per heavy atom. The molecule has 2 aromatic rings. The van der Waals surface area contributed by atoms with Gasteiger partial charge in [-0.05, 0) is 38.1 Å². The molecule has 1 aliphatic rings. The van der Waals surface area contributed by atoms with Crippen molar-refractivity contribution in [1.29, 1.82) is 0 Å². The summed E-state index contributed by atoms with van der Waals surface area (Å²) in [5.74, 6) is 0.625. The molecule has 2 N–H and O–H groups in total. The van der Waals surface area contributed by atoms with Gasteiger partial charge in [-0.3, -0.25) is 10.1 Å². The zero-order valence-electron chi connectivity index (χ0n) is 13.8. The van der Waals surface area contributed by atoms with E-state index < -0.39 is 5.60 Å². The molecular formula is C17H21N3O3S. The summed E-state index contributed by atoms with van der Waals surface area (Å²) < 4.78 is 10.9. The Bertz CT molecular complexity index is 711. The molecule has 1 fully saturated rings. The summed E-state index contributed by atoms with van der Waals surface area (Å²) in [5.41, 5.74) is 0.909. The molecular weight excluding hydrogens is 326 g/mol. The van der Waals surface area contributed by atoms with Crippen LogP contribution < -0.4 is 15.4 Å². The fraction of sp³-hybridized carbons (Fsp3) is 0.412. The van der Waals surface area contributed by atoms with Gasteiger partial charge in [0, 0.05) is 18.1 Å². The van der Waals surface area contributed by atoms with E-state index >= 15 is 0 Å². The summed E-state index contributed by atoms with van der Waals surface area (Å²) in [6.07, 6.45) is 1.31. The molecule has 0 atom stereocenters. The minimum absolute atomic E-state index is 0.132. The van der Waals surface area contributed by atoms with E-state index in [-0.39, 0.29) is 5.91 Å². The second-order valence-corrected chi connectivity index (χ2v) is 6.50. The number of piperidine rings is 1. The standard InChI is InChI=1S/C17H21N3O3S/c1-22-14-6-4-3-5-12(14)13-11-24-16(19-13)20-15(21)17(23-2)7-9-18-10-8-17/h3-6,11,18H,7-10H2,1-2H3,(H,19,20,21). The van der Waals surface area contributed by atoms with Gasteiger partial charge in [-0.15, -0.1) is 11.3 Å². The Labute approximate surface area is 145 Å². The van der Waals surface area contributed by atoms with Crippen LogP contribution in [0, 0.1) is 0 Å². The third kappa shape index (κ3) is 3.28. The highest BCUT2D eigenvalue weighted by Gasteiger charge is 2.40. The van der Waals surface area contributed by atoms with Gasteiger partial charge in [0.1, 0.15) is 11.4 Å². The van der Waals surface area contributed by atoms with Gasteiger partial charge in [0.25, 0.3) is 5.91 Å². The van der Waals surface area contributed by atoms with Gasteiger partial charge in [0.15, 0.2) is 5.13 Å². The zero-order valence-corrected chi connectivity index (χ0v) is 14.6. The number of ether oxygens (including phenoxy) is 2. The van der Waals surface area contributed by atoms with Crippen LogP contribution in [-0.2, 0) is 9.53 Å². The molecule has 0 spiro atoms. The van der Waals surface area contributed by atoms with Crippen molar-refractivity contribution in [1.82, 2.24) is 10.3 Å². The maximum atomic E-state index is 12.7. The van der Waals surface area contributed by atoms with Gasteiger partial charge in [0.2, 0.25) is 0 Å². The van der Waals surface area contributed by atoms with Crippen molar-refractivity contribution in [3.8, 4) is 17.0 Å². The number of hydrogen-bond acceptors (Lipinski definition) is 6. The average Bonchev–Trinajstić information content (AvgIpc) is 3.10. The molecule has 0 saturated carbocycles. The monoisotopic (exact) mass is 347 g/mol. The van der Waals surface area contributed by atoms with Gasteiger partial charge >= 0.3 is 0 Å². The molecule has 7 heteroatoms. The smallest absolute Gasteiger partial charge is 0.258 e. The molecule has 1 saturated heterocycles. The number of para-hydroxylation sites is 1. The Balaban J connectivity index is 1.77. The van der Waals surface area contributed by atoms with Crippen LogP contribution >= 0.6 is 11.3 Å². The van der Waals surface area contributed by atoms with Crippen LogP contribution in [0.5, 0.6) is 5.75 Å². The largest absolute Gasteiger partial charge is 0.496 e. The first-order valence-electron chi connectivity index (χ1n) is 7.85. The van der Waals surface area contributed by atoms with Crippen molar-refractivity contribution >= 4 is 22.4 Å². The van der Waals surface area contributed by atoms with E-state index in [4.69, 9.17) is 9.47 Å². The maximum Gasteiger partial charge on any atom is 0.258 e. The van der Waals surface area contributed by atoms with Gasteiger partial charge < -0.3 is 14.8 Å². The highest BCUT2D eigenvalue weighted by Crippen LogP contribution is 2.32. The summed E-state index contributed by atoms with van der Waals surface area (Å²) >= 11 is 1.40. The number of nitrogens with one attached hydrogen (secondary N) is 2. The average molecular weight is 347 g/mol. The number of carbonyl (C=O) groups excluding carboxylic acids is 1. The first-order valence-corrected chi connectivity index (χ1v) is 8.73. The molecule has 1 aromatic carbocycles. The minimum atomic E-state index is -0.776. The molecule has 24 heavy (non-hydrogen) atoms. The van der Waals surface area contributed by atoms with E-state index in [0.29, 0.717) is 18.0 Å². The summed E-state index contributed by atoms with van der Waals surface area (Å²) in [6, 6.07) is 7.69. The lowest BCUT2D eigenvalue weighted by atomic mass is 9.91. The number of hydrogen-bond donors (Lipinski definition) is 2. The molecule has 2 heterocycles. The van der Waals surface area contributed by atoms with E-state index in [1.807, 2.05) is 29.6 Å². The Morgan fingerprint density at radius 2 is 2.04 bits per heavy atom. The lowest BCUT2D eigenvalue weighted by Gasteiger charge is -2.34. The van der Waals surface area contributed by atoms with E-state index in [2.05, 4.69) is 15.6 Å². The maximum absolute atomic E-state index is 12.7. The van der Waals surface area contributed by atoms with Gasteiger partial charge in [-0.25, -0.2) is 4.98 Å². The Kier molecular flexibility index (Phi) is 5.13.